The van der Waals surface area contributed by atoms with Gasteiger partial charge < -0.3 is 11.5 Å². The summed E-state index contributed by atoms with van der Waals surface area (Å²) in [7, 11) is -3.73. The van der Waals surface area contributed by atoms with Crippen molar-refractivity contribution in [1.82, 2.24) is 4.72 Å². The summed E-state index contributed by atoms with van der Waals surface area (Å²) < 4.78 is 26.5. The number of hydrogen-bond acceptors (Lipinski definition) is 5. The van der Waals surface area contributed by atoms with Gasteiger partial charge >= 0.3 is 0 Å². The van der Waals surface area contributed by atoms with E-state index in [0.29, 0.717) is 0 Å². The molecule has 1 atom stereocenters. The number of thiophene rings is 1. The van der Waals surface area contributed by atoms with Crippen LogP contribution in [-0.2, 0) is 21.4 Å². The summed E-state index contributed by atoms with van der Waals surface area (Å²) in [5.74, 6) is -0.907. The van der Waals surface area contributed by atoms with Crippen molar-refractivity contribution in [3.8, 4) is 0 Å². The molecular weight excluding hydrogens is 274 g/mol. The van der Waals surface area contributed by atoms with Crippen LogP contribution in [0.2, 0.25) is 0 Å². The van der Waals surface area contributed by atoms with Crippen molar-refractivity contribution in [3.05, 3.63) is 17.0 Å². The Morgan fingerprint density at radius 2 is 2.06 bits per heavy atom. The molecule has 0 aromatic carbocycles. The van der Waals surface area contributed by atoms with E-state index >= 15 is 0 Å². The van der Waals surface area contributed by atoms with Gasteiger partial charge in [0.1, 0.15) is 10.3 Å². The quantitative estimate of drug-likeness (QED) is 0.684. The van der Waals surface area contributed by atoms with E-state index in [-0.39, 0.29) is 16.7 Å². The summed E-state index contributed by atoms with van der Waals surface area (Å²) in [6.07, 6.45) is 0. The van der Waals surface area contributed by atoms with Crippen LogP contribution in [0.3, 0.4) is 0 Å². The minimum atomic E-state index is -3.73. The largest absolute Gasteiger partial charge is 0.368 e. The predicted octanol–water partition coefficient (Wildman–Crippen LogP) is -0.00500. The normalized spacial score (nSPS) is 13.8. The Balaban J connectivity index is 2.96. The summed E-state index contributed by atoms with van der Waals surface area (Å²) in [4.78, 5) is 11.9. The lowest BCUT2D eigenvalue weighted by atomic mass is 10.1. The van der Waals surface area contributed by atoms with Gasteiger partial charge in [0.15, 0.2) is 0 Å². The third-order valence-electron chi connectivity index (χ3n) is 2.36. The highest BCUT2D eigenvalue weighted by Crippen LogP contribution is 2.21. The lowest BCUT2D eigenvalue weighted by Gasteiger charge is -2.18. The van der Waals surface area contributed by atoms with Crippen molar-refractivity contribution in [3.63, 3.8) is 0 Å². The zero-order valence-corrected chi connectivity index (χ0v) is 11.8. The number of amides is 1. The maximum atomic E-state index is 12.0. The van der Waals surface area contributed by atoms with E-state index in [1.807, 2.05) is 0 Å². The van der Waals surface area contributed by atoms with Gasteiger partial charge in [0.2, 0.25) is 5.91 Å². The van der Waals surface area contributed by atoms with Crippen LogP contribution in [0.4, 0.5) is 0 Å². The molecule has 0 saturated heterocycles. The standard InChI is InChI=1S/C10H17N3O3S2/c1-6(2)9(10(12)14)13-18(15,16)8-4-3-7(5-11)17-8/h3-4,6,9,13H,5,11H2,1-2H3,(H2,12,14). The summed E-state index contributed by atoms with van der Waals surface area (Å²) in [5.41, 5.74) is 10.6. The second-order valence-electron chi connectivity index (χ2n) is 4.17. The van der Waals surface area contributed by atoms with Crippen molar-refractivity contribution < 1.29 is 13.2 Å². The van der Waals surface area contributed by atoms with E-state index in [1.165, 1.54) is 6.07 Å². The molecule has 1 heterocycles. The van der Waals surface area contributed by atoms with Crippen LogP contribution >= 0.6 is 11.3 Å². The lowest BCUT2D eigenvalue weighted by molar-refractivity contribution is -0.120. The third kappa shape index (κ3) is 3.52. The number of carbonyl (C=O) groups excluding carboxylic acids is 1. The van der Waals surface area contributed by atoms with Gasteiger partial charge in [-0.15, -0.1) is 11.3 Å². The first kappa shape index (κ1) is 15.1. The number of nitrogens with one attached hydrogen (secondary N) is 1. The number of sulfonamides is 1. The minimum Gasteiger partial charge on any atom is -0.368 e. The fourth-order valence-corrected chi connectivity index (χ4v) is 3.96. The van der Waals surface area contributed by atoms with Gasteiger partial charge in [-0.1, -0.05) is 13.8 Å². The molecule has 1 amide bonds. The molecule has 18 heavy (non-hydrogen) atoms. The first-order valence-corrected chi connectivity index (χ1v) is 7.68. The van der Waals surface area contributed by atoms with Crippen LogP contribution in [0.1, 0.15) is 18.7 Å². The predicted molar refractivity (Wildman–Crippen MR) is 70.4 cm³/mol. The number of hydrogen-bond donors (Lipinski definition) is 3. The van der Waals surface area contributed by atoms with Gasteiger partial charge in [-0.2, -0.15) is 4.72 Å². The van der Waals surface area contributed by atoms with Gasteiger partial charge in [-0.25, -0.2) is 8.42 Å². The fraction of sp³-hybridized carbons (Fsp3) is 0.500. The molecule has 5 N–H and O–H groups in total. The summed E-state index contributed by atoms with van der Waals surface area (Å²) >= 11 is 1.08. The zero-order valence-electron chi connectivity index (χ0n) is 10.2. The van der Waals surface area contributed by atoms with E-state index in [9.17, 15) is 13.2 Å². The van der Waals surface area contributed by atoms with Crippen LogP contribution in [0.5, 0.6) is 0 Å². The highest BCUT2D eigenvalue weighted by Gasteiger charge is 2.27. The Bertz CT molecular complexity index is 522. The highest BCUT2D eigenvalue weighted by molar-refractivity contribution is 7.91. The summed E-state index contributed by atoms with van der Waals surface area (Å²) in [6, 6.07) is 2.19. The molecule has 0 aliphatic carbocycles. The molecule has 1 aromatic heterocycles. The molecule has 0 aliphatic heterocycles. The SMILES string of the molecule is CC(C)C(NS(=O)(=O)c1ccc(CN)s1)C(N)=O. The van der Waals surface area contributed by atoms with Crippen molar-refractivity contribution in [1.29, 1.82) is 0 Å². The van der Waals surface area contributed by atoms with E-state index in [4.69, 9.17) is 11.5 Å². The topological polar surface area (TPSA) is 115 Å². The molecule has 0 aliphatic rings. The van der Waals surface area contributed by atoms with Crippen molar-refractivity contribution >= 4 is 27.3 Å². The van der Waals surface area contributed by atoms with Gasteiger partial charge in [0, 0.05) is 11.4 Å². The fourth-order valence-electron chi connectivity index (χ4n) is 1.36. The van der Waals surface area contributed by atoms with E-state index in [2.05, 4.69) is 4.72 Å². The van der Waals surface area contributed by atoms with Crippen molar-refractivity contribution in [2.75, 3.05) is 0 Å². The molecule has 102 valence electrons. The van der Waals surface area contributed by atoms with Gasteiger partial charge in [-0.05, 0) is 18.1 Å². The smallest absolute Gasteiger partial charge is 0.250 e. The van der Waals surface area contributed by atoms with Crippen LogP contribution < -0.4 is 16.2 Å². The number of primary amides is 1. The molecule has 0 bridgehead atoms. The van der Waals surface area contributed by atoms with Crippen LogP contribution in [-0.4, -0.2) is 20.4 Å². The van der Waals surface area contributed by atoms with E-state index in [1.54, 1.807) is 19.9 Å². The van der Waals surface area contributed by atoms with Crippen LogP contribution in [0.25, 0.3) is 0 Å². The molecule has 0 spiro atoms. The van der Waals surface area contributed by atoms with E-state index in [0.717, 1.165) is 16.2 Å². The second-order valence-corrected chi connectivity index (χ2v) is 7.28. The Labute approximate surface area is 110 Å². The molecule has 1 rings (SSSR count). The van der Waals surface area contributed by atoms with Crippen LogP contribution in [0.15, 0.2) is 16.3 Å². The average Bonchev–Trinajstić information content (AvgIpc) is 2.74. The summed E-state index contributed by atoms with van der Waals surface area (Å²) in [6.45, 7) is 3.72. The lowest BCUT2D eigenvalue weighted by Crippen LogP contribution is -2.47. The minimum absolute atomic E-state index is 0.134. The van der Waals surface area contributed by atoms with Crippen molar-refractivity contribution in [2.24, 2.45) is 17.4 Å². The molecule has 1 unspecified atom stereocenters. The number of carbonyl (C=O) groups is 1. The maximum Gasteiger partial charge on any atom is 0.250 e. The Hall–Kier alpha value is -0.960. The Kier molecular flexibility index (Phi) is 4.85. The monoisotopic (exact) mass is 291 g/mol. The number of rotatable bonds is 6. The number of nitrogens with two attached hydrogens (primary N) is 2. The van der Waals surface area contributed by atoms with Crippen LogP contribution in [0, 0.1) is 5.92 Å². The molecule has 8 heteroatoms. The Morgan fingerprint density at radius 3 is 2.44 bits per heavy atom. The first-order valence-electron chi connectivity index (χ1n) is 5.38. The van der Waals surface area contributed by atoms with Gasteiger partial charge in [0.25, 0.3) is 10.0 Å². The second kappa shape index (κ2) is 5.79. The first-order chi connectivity index (χ1) is 8.27. The third-order valence-corrected chi connectivity index (χ3v) is 5.40. The highest BCUT2D eigenvalue weighted by atomic mass is 32.2. The molecule has 0 radical (unpaired) electrons. The molecule has 0 fully saturated rings. The average molecular weight is 291 g/mol. The van der Waals surface area contributed by atoms with Gasteiger partial charge in [0.05, 0.1) is 0 Å². The molecular formula is C10H17N3O3S2. The maximum absolute atomic E-state index is 12.0. The zero-order chi connectivity index (χ0) is 13.9. The van der Waals surface area contributed by atoms with Gasteiger partial charge in [-0.3, -0.25) is 4.79 Å². The Morgan fingerprint density at radius 1 is 1.44 bits per heavy atom. The molecule has 0 saturated carbocycles. The van der Waals surface area contributed by atoms with E-state index < -0.39 is 22.0 Å². The molecule has 6 nitrogen and oxygen atoms in total. The van der Waals surface area contributed by atoms with Crippen molar-refractivity contribution in [2.45, 2.75) is 30.6 Å². The molecule has 1 aromatic rings. The summed E-state index contributed by atoms with van der Waals surface area (Å²) in [5, 5.41) is 0.